The first-order valence-electron chi connectivity index (χ1n) is 3.91. The fourth-order valence-corrected chi connectivity index (χ4v) is 1.49. The maximum absolute atomic E-state index is 12.4. The van der Waals surface area contributed by atoms with E-state index in [1.807, 2.05) is 0 Å². The molecule has 1 aliphatic heterocycles. The van der Waals surface area contributed by atoms with Gasteiger partial charge in [0, 0.05) is 18.7 Å². The SMILES string of the molecule is FC(F)(F)[C@H]1NCCc2[nH]cnc21. The van der Waals surface area contributed by atoms with E-state index in [0.29, 0.717) is 18.7 Å². The van der Waals surface area contributed by atoms with Crippen molar-refractivity contribution in [3.8, 4) is 0 Å². The third-order valence-corrected chi connectivity index (χ3v) is 2.08. The summed E-state index contributed by atoms with van der Waals surface area (Å²) in [5.41, 5.74) is 0.667. The summed E-state index contributed by atoms with van der Waals surface area (Å²) in [5.74, 6) is 0. The average molecular weight is 191 g/mol. The van der Waals surface area contributed by atoms with E-state index in [1.165, 1.54) is 6.33 Å². The molecule has 1 aliphatic rings. The Labute approximate surface area is 72.4 Å². The zero-order valence-electron chi connectivity index (χ0n) is 6.65. The Morgan fingerprint density at radius 2 is 2.23 bits per heavy atom. The molecule has 0 saturated heterocycles. The van der Waals surface area contributed by atoms with Crippen molar-refractivity contribution in [3.05, 3.63) is 17.7 Å². The fourth-order valence-electron chi connectivity index (χ4n) is 1.49. The second kappa shape index (κ2) is 2.73. The van der Waals surface area contributed by atoms with Gasteiger partial charge in [0.05, 0.1) is 12.0 Å². The van der Waals surface area contributed by atoms with E-state index in [9.17, 15) is 13.2 Å². The molecule has 2 heterocycles. The van der Waals surface area contributed by atoms with Crippen LogP contribution in [0, 0.1) is 0 Å². The van der Waals surface area contributed by atoms with Crippen LogP contribution in [0.25, 0.3) is 0 Å². The Morgan fingerprint density at radius 1 is 1.46 bits per heavy atom. The van der Waals surface area contributed by atoms with Crippen molar-refractivity contribution in [3.63, 3.8) is 0 Å². The summed E-state index contributed by atoms with van der Waals surface area (Å²) in [6, 6.07) is -1.61. The Morgan fingerprint density at radius 3 is 2.92 bits per heavy atom. The number of imidazole rings is 1. The highest BCUT2D eigenvalue weighted by atomic mass is 19.4. The van der Waals surface area contributed by atoms with Crippen LogP contribution in [0.15, 0.2) is 6.33 Å². The Hall–Kier alpha value is -1.04. The molecule has 0 aromatic carbocycles. The molecule has 13 heavy (non-hydrogen) atoms. The lowest BCUT2D eigenvalue weighted by Crippen LogP contribution is -2.39. The molecule has 3 nitrogen and oxygen atoms in total. The van der Waals surface area contributed by atoms with Crippen LogP contribution in [0.5, 0.6) is 0 Å². The summed E-state index contributed by atoms with van der Waals surface area (Å²) in [7, 11) is 0. The molecule has 1 atom stereocenters. The van der Waals surface area contributed by atoms with Crippen LogP contribution >= 0.6 is 0 Å². The number of hydrogen-bond donors (Lipinski definition) is 2. The number of H-pyrrole nitrogens is 1. The minimum absolute atomic E-state index is 0.0822. The summed E-state index contributed by atoms with van der Waals surface area (Å²) >= 11 is 0. The first kappa shape index (κ1) is 8.55. The number of aromatic nitrogens is 2. The summed E-state index contributed by atoms with van der Waals surface area (Å²) in [4.78, 5) is 6.38. The van der Waals surface area contributed by atoms with Crippen LogP contribution in [0.3, 0.4) is 0 Å². The highest BCUT2D eigenvalue weighted by Gasteiger charge is 2.44. The third-order valence-electron chi connectivity index (χ3n) is 2.08. The molecule has 0 radical (unpaired) electrons. The van der Waals surface area contributed by atoms with Crippen molar-refractivity contribution in [1.29, 1.82) is 0 Å². The molecule has 2 rings (SSSR count). The van der Waals surface area contributed by atoms with E-state index < -0.39 is 12.2 Å². The molecule has 0 saturated carbocycles. The molecule has 2 N–H and O–H groups in total. The third kappa shape index (κ3) is 1.41. The Bertz CT molecular complexity index is 304. The van der Waals surface area contributed by atoms with Gasteiger partial charge in [-0.2, -0.15) is 13.2 Å². The molecule has 72 valence electrons. The number of rotatable bonds is 0. The quantitative estimate of drug-likeness (QED) is 0.646. The second-order valence-corrected chi connectivity index (χ2v) is 2.95. The van der Waals surface area contributed by atoms with Gasteiger partial charge in [0.25, 0.3) is 0 Å². The molecule has 1 aromatic rings. The van der Waals surface area contributed by atoms with Gasteiger partial charge in [-0.1, -0.05) is 0 Å². The van der Waals surface area contributed by atoms with E-state index in [2.05, 4.69) is 15.3 Å². The monoisotopic (exact) mass is 191 g/mol. The largest absolute Gasteiger partial charge is 0.409 e. The fraction of sp³-hybridized carbons (Fsp3) is 0.571. The van der Waals surface area contributed by atoms with Gasteiger partial charge in [0.1, 0.15) is 6.04 Å². The minimum atomic E-state index is -4.26. The number of nitrogens with one attached hydrogen (secondary N) is 2. The molecular formula is C7H8F3N3. The van der Waals surface area contributed by atoms with E-state index in [4.69, 9.17) is 0 Å². The van der Waals surface area contributed by atoms with E-state index in [0.717, 1.165) is 0 Å². The van der Waals surface area contributed by atoms with Crippen molar-refractivity contribution >= 4 is 0 Å². The van der Waals surface area contributed by atoms with Crippen LogP contribution in [0.4, 0.5) is 13.2 Å². The normalized spacial score (nSPS) is 22.8. The Balaban J connectivity index is 2.35. The summed E-state index contributed by atoms with van der Waals surface area (Å²) < 4.78 is 37.1. The van der Waals surface area contributed by atoms with Crippen LogP contribution in [0.1, 0.15) is 17.4 Å². The highest BCUT2D eigenvalue weighted by Crippen LogP contribution is 2.34. The van der Waals surface area contributed by atoms with Crippen LogP contribution < -0.4 is 5.32 Å². The summed E-state index contributed by atoms with van der Waals surface area (Å²) in [5, 5.41) is 2.39. The molecule has 0 amide bonds. The number of nitrogens with zero attached hydrogens (tertiary/aromatic N) is 1. The smallest absolute Gasteiger partial charge is 0.348 e. The predicted octanol–water partition coefficient (Wildman–Crippen LogP) is 1.16. The Kier molecular flexibility index (Phi) is 1.80. The molecule has 6 heteroatoms. The van der Waals surface area contributed by atoms with E-state index >= 15 is 0 Å². The van der Waals surface area contributed by atoms with Gasteiger partial charge in [-0.15, -0.1) is 0 Å². The van der Waals surface area contributed by atoms with Crippen molar-refractivity contribution in [2.24, 2.45) is 0 Å². The topological polar surface area (TPSA) is 40.7 Å². The predicted molar refractivity (Wildman–Crippen MR) is 39.1 cm³/mol. The molecule has 0 fully saturated rings. The lowest BCUT2D eigenvalue weighted by atomic mass is 10.1. The molecular weight excluding hydrogens is 183 g/mol. The lowest BCUT2D eigenvalue weighted by Gasteiger charge is -2.24. The van der Waals surface area contributed by atoms with Gasteiger partial charge in [0.15, 0.2) is 0 Å². The minimum Gasteiger partial charge on any atom is -0.348 e. The second-order valence-electron chi connectivity index (χ2n) is 2.95. The zero-order chi connectivity index (χ0) is 9.47. The molecule has 1 aromatic heterocycles. The summed E-state index contributed by atoms with van der Waals surface area (Å²) in [6.45, 7) is 0.333. The van der Waals surface area contributed by atoms with Crippen molar-refractivity contribution in [1.82, 2.24) is 15.3 Å². The number of halogens is 3. The van der Waals surface area contributed by atoms with Gasteiger partial charge in [-0.25, -0.2) is 4.98 Å². The molecule has 0 spiro atoms. The van der Waals surface area contributed by atoms with Gasteiger partial charge < -0.3 is 10.3 Å². The molecule has 0 bridgehead atoms. The van der Waals surface area contributed by atoms with Crippen LogP contribution in [0.2, 0.25) is 0 Å². The maximum Gasteiger partial charge on any atom is 0.409 e. The molecule has 0 unspecified atom stereocenters. The molecule has 0 aliphatic carbocycles. The highest BCUT2D eigenvalue weighted by molar-refractivity contribution is 5.20. The van der Waals surface area contributed by atoms with Crippen molar-refractivity contribution in [2.45, 2.75) is 18.6 Å². The number of aromatic amines is 1. The standard InChI is InChI=1S/C7H8F3N3/c8-7(9,10)6-5-4(1-2-11-6)12-3-13-5/h3,6,11H,1-2H2,(H,12,13)/t6-/m0/s1. The average Bonchev–Trinajstić information content (AvgIpc) is 2.48. The summed E-state index contributed by atoms with van der Waals surface area (Å²) in [6.07, 6.45) is -2.39. The van der Waals surface area contributed by atoms with Crippen molar-refractivity contribution in [2.75, 3.05) is 6.54 Å². The van der Waals surface area contributed by atoms with E-state index in [1.54, 1.807) is 0 Å². The van der Waals surface area contributed by atoms with E-state index in [-0.39, 0.29) is 5.69 Å². The van der Waals surface area contributed by atoms with Crippen LogP contribution in [-0.2, 0) is 6.42 Å². The first-order valence-corrected chi connectivity index (χ1v) is 3.91. The number of hydrogen-bond acceptors (Lipinski definition) is 2. The first-order chi connectivity index (χ1) is 6.09. The van der Waals surface area contributed by atoms with Crippen LogP contribution in [-0.4, -0.2) is 22.7 Å². The van der Waals surface area contributed by atoms with Gasteiger partial charge in [-0.3, -0.25) is 0 Å². The van der Waals surface area contributed by atoms with Gasteiger partial charge in [0.2, 0.25) is 0 Å². The lowest BCUT2D eigenvalue weighted by molar-refractivity contribution is -0.159. The number of alkyl halides is 3. The number of fused-ring (bicyclic) bond motifs is 1. The van der Waals surface area contributed by atoms with Crippen molar-refractivity contribution < 1.29 is 13.2 Å². The maximum atomic E-state index is 12.4. The van der Waals surface area contributed by atoms with Gasteiger partial charge >= 0.3 is 6.18 Å². The zero-order valence-corrected chi connectivity index (χ0v) is 6.65. The van der Waals surface area contributed by atoms with Gasteiger partial charge in [-0.05, 0) is 0 Å².